The van der Waals surface area contributed by atoms with Gasteiger partial charge in [0.05, 0.1) is 6.04 Å². The van der Waals surface area contributed by atoms with E-state index in [0.717, 1.165) is 6.42 Å². The van der Waals surface area contributed by atoms with E-state index in [4.69, 9.17) is 10.7 Å². The van der Waals surface area contributed by atoms with Crippen molar-refractivity contribution in [2.24, 2.45) is 10.7 Å². The summed E-state index contributed by atoms with van der Waals surface area (Å²) in [4.78, 5) is 4.72. The third-order valence-electron chi connectivity index (χ3n) is 4.34. The van der Waals surface area contributed by atoms with E-state index in [1.165, 1.54) is 49.7 Å². The Bertz CT molecular complexity index is 461. The zero-order chi connectivity index (χ0) is 13.1. The molecule has 19 heavy (non-hydrogen) atoms. The van der Waals surface area contributed by atoms with Gasteiger partial charge in [-0.15, -0.1) is 0 Å². The van der Waals surface area contributed by atoms with Crippen molar-refractivity contribution in [3.63, 3.8) is 0 Å². The molecule has 1 aromatic rings. The van der Waals surface area contributed by atoms with Crippen LogP contribution < -0.4 is 11.1 Å². The molecule has 1 aromatic carbocycles. The molecular weight excluding hydrogens is 234 g/mol. The van der Waals surface area contributed by atoms with Crippen molar-refractivity contribution in [1.82, 2.24) is 5.32 Å². The monoisotopic (exact) mass is 257 g/mol. The van der Waals surface area contributed by atoms with Crippen molar-refractivity contribution in [3.05, 3.63) is 35.4 Å². The van der Waals surface area contributed by atoms with Gasteiger partial charge in [-0.05, 0) is 43.2 Å². The first-order valence-electron chi connectivity index (χ1n) is 7.50. The number of nitrogens with zero attached hydrogens (tertiary/aromatic N) is 1. The summed E-state index contributed by atoms with van der Waals surface area (Å²) in [5, 5.41) is 3.38. The third kappa shape index (κ3) is 2.91. The predicted octanol–water partition coefficient (Wildman–Crippen LogP) is 2.91. The summed E-state index contributed by atoms with van der Waals surface area (Å²) in [6.07, 6.45) is 8.60. The normalized spacial score (nSPS) is 24.2. The molecule has 3 rings (SSSR count). The first kappa shape index (κ1) is 12.5. The van der Waals surface area contributed by atoms with Gasteiger partial charge >= 0.3 is 0 Å². The van der Waals surface area contributed by atoms with Crippen molar-refractivity contribution in [2.75, 3.05) is 0 Å². The van der Waals surface area contributed by atoms with Crippen LogP contribution in [0.1, 0.15) is 55.7 Å². The van der Waals surface area contributed by atoms with Crippen LogP contribution in [-0.2, 0) is 6.42 Å². The quantitative estimate of drug-likeness (QED) is 0.632. The molecule has 102 valence electrons. The molecule has 1 atom stereocenters. The fraction of sp³-hybridized carbons (Fsp3) is 0.562. The highest BCUT2D eigenvalue weighted by molar-refractivity contribution is 5.78. The van der Waals surface area contributed by atoms with E-state index in [9.17, 15) is 0 Å². The van der Waals surface area contributed by atoms with Crippen LogP contribution in [0.3, 0.4) is 0 Å². The molecular formula is C16H23N3. The van der Waals surface area contributed by atoms with E-state index < -0.39 is 0 Å². The number of aryl methyl sites for hydroxylation is 1. The Hall–Kier alpha value is -1.51. The minimum absolute atomic E-state index is 0.249. The zero-order valence-electron chi connectivity index (χ0n) is 11.4. The number of fused-ring (bicyclic) bond motifs is 1. The second-order valence-electron chi connectivity index (χ2n) is 5.75. The Balaban J connectivity index is 1.72. The van der Waals surface area contributed by atoms with E-state index in [2.05, 4.69) is 29.6 Å². The summed E-state index contributed by atoms with van der Waals surface area (Å²) in [7, 11) is 0. The lowest BCUT2D eigenvalue weighted by atomic mass is 9.88. The molecule has 0 aromatic heterocycles. The van der Waals surface area contributed by atoms with Gasteiger partial charge in [-0.1, -0.05) is 37.1 Å². The van der Waals surface area contributed by atoms with Crippen LogP contribution in [0.15, 0.2) is 29.3 Å². The van der Waals surface area contributed by atoms with Crippen molar-refractivity contribution < 1.29 is 0 Å². The summed E-state index contributed by atoms with van der Waals surface area (Å²) in [5.74, 6) is 0.633. The second kappa shape index (κ2) is 5.64. The smallest absolute Gasteiger partial charge is 0.189 e. The lowest BCUT2D eigenvalue weighted by molar-refractivity contribution is 0.562. The SMILES string of the molecule is NC(=NC1CCCc2ccccc21)NC1CCCC1. The molecule has 0 heterocycles. The number of guanidine groups is 1. The second-order valence-corrected chi connectivity index (χ2v) is 5.75. The van der Waals surface area contributed by atoms with Crippen LogP contribution in [0, 0.1) is 0 Å². The van der Waals surface area contributed by atoms with Crippen LogP contribution in [0.4, 0.5) is 0 Å². The molecule has 3 N–H and O–H groups in total. The van der Waals surface area contributed by atoms with E-state index in [1.807, 2.05) is 0 Å². The molecule has 0 aliphatic heterocycles. The molecule has 0 bridgehead atoms. The summed E-state index contributed by atoms with van der Waals surface area (Å²) in [6, 6.07) is 9.43. The number of hydrogen-bond acceptors (Lipinski definition) is 1. The molecule has 2 aliphatic rings. The molecule has 3 nitrogen and oxygen atoms in total. The highest BCUT2D eigenvalue weighted by Crippen LogP contribution is 2.32. The van der Waals surface area contributed by atoms with Crippen molar-refractivity contribution in [3.8, 4) is 0 Å². The van der Waals surface area contributed by atoms with Gasteiger partial charge in [0.1, 0.15) is 0 Å². The Kier molecular flexibility index (Phi) is 3.72. The maximum atomic E-state index is 6.08. The highest BCUT2D eigenvalue weighted by Gasteiger charge is 2.20. The molecule has 0 radical (unpaired) electrons. The Morgan fingerprint density at radius 3 is 2.74 bits per heavy atom. The van der Waals surface area contributed by atoms with Gasteiger partial charge < -0.3 is 11.1 Å². The standard InChI is InChI=1S/C16H23N3/c17-16(18-13-8-2-3-9-13)19-15-11-5-7-12-6-1-4-10-14(12)15/h1,4,6,10,13,15H,2-3,5,7-9,11H2,(H3,17,18,19). The Morgan fingerprint density at radius 1 is 1.11 bits per heavy atom. The molecule has 0 amide bonds. The summed E-state index contributed by atoms with van der Waals surface area (Å²) >= 11 is 0. The van der Waals surface area contributed by atoms with Gasteiger partial charge in [-0.3, -0.25) is 0 Å². The molecule has 1 unspecified atom stereocenters. The minimum Gasteiger partial charge on any atom is -0.370 e. The first-order valence-corrected chi connectivity index (χ1v) is 7.50. The number of rotatable bonds is 2. The van der Waals surface area contributed by atoms with Crippen LogP contribution in [-0.4, -0.2) is 12.0 Å². The average molecular weight is 257 g/mol. The first-order chi connectivity index (χ1) is 9.33. The average Bonchev–Trinajstić information content (AvgIpc) is 2.92. The maximum absolute atomic E-state index is 6.08. The van der Waals surface area contributed by atoms with E-state index in [-0.39, 0.29) is 6.04 Å². The molecule has 2 aliphatic carbocycles. The van der Waals surface area contributed by atoms with Crippen molar-refractivity contribution >= 4 is 5.96 Å². The van der Waals surface area contributed by atoms with Crippen molar-refractivity contribution in [1.29, 1.82) is 0 Å². The third-order valence-corrected chi connectivity index (χ3v) is 4.34. The largest absolute Gasteiger partial charge is 0.370 e. The lowest BCUT2D eigenvalue weighted by Gasteiger charge is -2.23. The zero-order valence-corrected chi connectivity index (χ0v) is 11.4. The van der Waals surface area contributed by atoms with Gasteiger partial charge in [0.25, 0.3) is 0 Å². The van der Waals surface area contributed by atoms with Gasteiger partial charge in [0, 0.05) is 6.04 Å². The minimum atomic E-state index is 0.249. The van der Waals surface area contributed by atoms with Crippen LogP contribution >= 0.6 is 0 Å². The lowest BCUT2D eigenvalue weighted by Crippen LogP contribution is -2.39. The highest BCUT2D eigenvalue weighted by atomic mass is 15.1. The van der Waals surface area contributed by atoms with Gasteiger partial charge in [0.15, 0.2) is 5.96 Å². The summed E-state index contributed by atoms with van der Waals surface area (Å²) < 4.78 is 0. The predicted molar refractivity (Wildman–Crippen MR) is 79.1 cm³/mol. The molecule has 3 heteroatoms. The molecule has 1 fully saturated rings. The number of nitrogens with two attached hydrogens (primary N) is 1. The van der Waals surface area contributed by atoms with Crippen LogP contribution in [0.2, 0.25) is 0 Å². The number of aliphatic imine (C=N–C) groups is 1. The molecule has 0 spiro atoms. The molecule has 1 saturated carbocycles. The number of nitrogens with one attached hydrogen (secondary N) is 1. The number of benzene rings is 1. The fourth-order valence-corrected chi connectivity index (χ4v) is 3.35. The number of hydrogen-bond donors (Lipinski definition) is 2. The van der Waals surface area contributed by atoms with Crippen molar-refractivity contribution in [2.45, 2.75) is 57.0 Å². The Labute approximate surface area is 115 Å². The van der Waals surface area contributed by atoms with Gasteiger partial charge in [-0.25, -0.2) is 4.99 Å². The van der Waals surface area contributed by atoms with Crippen LogP contribution in [0.5, 0.6) is 0 Å². The van der Waals surface area contributed by atoms with E-state index in [0.29, 0.717) is 12.0 Å². The maximum Gasteiger partial charge on any atom is 0.189 e. The summed E-state index contributed by atoms with van der Waals surface area (Å²) in [6.45, 7) is 0. The Morgan fingerprint density at radius 2 is 1.89 bits per heavy atom. The fourth-order valence-electron chi connectivity index (χ4n) is 3.35. The van der Waals surface area contributed by atoms with Crippen LogP contribution in [0.25, 0.3) is 0 Å². The van der Waals surface area contributed by atoms with E-state index in [1.54, 1.807) is 0 Å². The van der Waals surface area contributed by atoms with E-state index >= 15 is 0 Å². The summed E-state index contributed by atoms with van der Waals surface area (Å²) in [5.41, 5.74) is 8.89. The van der Waals surface area contributed by atoms with Gasteiger partial charge in [0.2, 0.25) is 0 Å². The molecule has 0 saturated heterocycles. The van der Waals surface area contributed by atoms with Gasteiger partial charge in [-0.2, -0.15) is 0 Å². The topological polar surface area (TPSA) is 50.4 Å².